The molecule has 0 aliphatic carbocycles. The Kier molecular flexibility index (Phi) is 4.93. The van der Waals surface area contributed by atoms with Crippen molar-refractivity contribution in [3.8, 4) is 16.9 Å². The number of hydrogen-bond acceptors (Lipinski definition) is 2. The Hall–Kier alpha value is -2.50. The van der Waals surface area contributed by atoms with Crippen molar-refractivity contribution >= 4 is 5.97 Å². The molecule has 0 unspecified atom stereocenters. The Morgan fingerprint density at radius 1 is 1.13 bits per heavy atom. The van der Waals surface area contributed by atoms with E-state index in [1.54, 1.807) is 6.07 Å². The molecule has 0 heterocycles. The van der Waals surface area contributed by atoms with Gasteiger partial charge in [0.1, 0.15) is 11.3 Å². The lowest BCUT2D eigenvalue weighted by Crippen LogP contribution is -2.05. The fraction of sp³-hybridized carbons (Fsp3) is 0.235. The number of hydrogen-bond donors (Lipinski definition) is 1. The molecule has 3 nitrogen and oxygen atoms in total. The lowest BCUT2D eigenvalue weighted by molar-refractivity contribution is -0.137. The van der Waals surface area contributed by atoms with E-state index in [4.69, 9.17) is 4.74 Å². The second kappa shape index (κ2) is 6.73. The maximum Gasteiger partial charge on any atom is 0.416 e. The molecule has 0 spiro atoms. The first kappa shape index (κ1) is 16.9. The summed E-state index contributed by atoms with van der Waals surface area (Å²) >= 11 is 0. The highest BCUT2D eigenvalue weighted by Gasteiger charge is 2.30. The molecule has 2 aromatic carbocycles. The van der Waals surface area contributed by atoms with E-state index < -0.39 is 17.7 Å². The van der Waals surface area contributed by atoms with Crippen LogP contribution < -0.4 is 4.74 Å². The quantitative estimate of drug-likeness (QED) is 0.854. The Bertz CT molecular complexity index is 708. The van der Waals surface area contributed by atoms with Crippen molar-refractivity contribution in [1.82, 2.24) is 0 Å². The second-order valence-electron chi connectivity index (χ2n) is 4.94. The van der Waals surface area contributed by atoms with Gasteiger partial charge in [-0.3, -0.25) is 0 Å². The van der Waals surface area contributed by atoms with Crippen molar-refractivity contribution in [2.75, 3.05) is 6.61 Å². The highest BCUT2D eigenvalue weighted by Crippen LogP contribution is 2.33. The highest BCUT2D eigenvalue weighted by atomic mass is 19.4. The van der Waals surface area contributed by atoms with Gasteiger partial charge in [-0.25, -0.2) is 4.79 Å². The van der Waals surface area contributed by atoms with E-state index >= 15 is 0 Å². The lowest BCUT2D eigenvalue weighted by atomic mass is 10.0. The van der Waals surface area contributed by atoms with Crippen molar-refractivity contribution in [3.05, 3.63) is 53.6 Å². The first-order chi connectivity index (χ1) is 10.8. The number of carbonyl (C=O) groups is 1. The van der Waals surface area contributed by atoms with Crippen LogP contribution in [0.25, 0.3) is 11.1 Å². The molecule has 1 N–H and O–H groups in total. The van der Waals surface area contributed by atoms with Crippen LogP contribution in [-0.4, -0.2) is 17.7 Å². The monoisotopic (exact) mass is 324 g/mol. The maximum atomic E-state index is 12.8. The number of carboxylic acids is 1. The molecule has 0 aliphatic heterocycles. The van der Waals surface area contributed by atoms with Crippen molar-refractivity contribution in [3.63, 3.8) is 0 Å². The molecule has 2 rings (SSSR count). The number of aromatic carboxylic acids is 1. The van der Waals surface area contributed by atoms with Crippen LogP contribution in [0, 0.1) is 0 Å². The summed E-state index contributed by atoms with van der Waals surface area (Å²) in [6.45, 7) is 2.25. The van der Waals surface area contributed by atoms with Gasteiger partial charge in [0.25, 0.3) is 0 Å². The third kappa shape index (κ3) is 4.03. The van der Waals surface area contributed by atoms with E-state index in [-0.39, 0.29) is 11.3 Å². The molecule has 0 bridgehead atoms. The van der Waals surface area contributed by atoms with Crippen LogP contribution >= 0.6 is 0 Å². The van der Waals surface area contributed by atoms with Gasteiger partial charge in [-0.15, -0.1) is 0 Å². The van der Waals surface area contributed by atoms with Crippen LogP contribution in [0.2, 0.25) is 0 Å². The van der Waals surface area contributed by atoms with E-state index in [1.165, 1.54) is 24.3 Å². The maximum absolute atomic E-state index is 12.8. The van der Waals surface area contributed by atoms with E-state index in [9.17, 15) is 23.1 Å². The van der Waals surface area contributed by atoms with E-state index in [0.717, 1.165) is 12.1 Å². The van der Waals surface area contributed by atoms with E-state index in [1.807, 2.05) is 6.92 Å². The molecule has 0 aliphatic rings. The molecular weight excluding hydrogens is 309 g/mol. The average molecular weight is 324 g/mol. The van der Waals surface area contributed by atoms with Gasteiger partial charge >= 0.3 is 12.1 Å². The van der Waals surface area contributed by atoms with Crippen LogP contribution in [0.4, 0.5) is 13.2 Å². The minimum absolute atomic E-state index is 0.0756. The van der Waals surface area contributed by atoms with Crippen LogP contribution in [0.15, 0.2) is 42.5 Å². The summed E-state index contributed by atoms with van der Waals surface area (Å²) in [7, 11) is 0. The standard InChI is InChI=1S/C17H15F3O3/c1-2-8-23-15-7-6-12(10-14(15)16(21)22)11-4-3-5-13(9-11)17(18,19)20/h3-7,9-10H,2,8H2,1H3,(H,21,22). The number of halogens is 3. The summed E-state index contributed by atoms with van der Waals surface area (Å²) in [5, 5.41) is 9.26. The van der Waals surface area contributed by atoms with Gasteiger partial charge in [0.05, 0.1) is 12.2 Å². The molecule has 0 radical (unpaired) electrons. The molecular formula is C17H15F3O3. The molecule has 0 aromatic heterocycles. The molecule has 0 saturated heterocycles. The fourth-order valence-electron chi connectivity index (χ4n) is 2.09. The van der Waals surface area contributed by atoms with Crippen molar-refractivity contribution in [1.29, 1.82) is 0 Å². The summed E-state index contributed by atoms with van der Waals surface area (Å²) < 4.78 is 43.7. The molecule has 0 amide bonds. The SMILES string of the molecule is CCCOc1ccc(-c2cccc(C(F)(F)F)c2)cc1C(=O)O. The van der Waals surface area contributed by atoms with E-state index in [0.29, 0.717) is 24.2 Å². The Balaban J connectivity index is 2.44. The lowest BCUT2D eigenvalue weighted by Gasteiger charge is -2.12. The zero-order valence-electron chi connectivity index (χ0n) is 12.4. The van der Waals surface area contributed by atoms with Crippen LogP contribution in [-0.2, 0) is 6.18 Å². The van der Waals surface area contributed by atoms with Crippen molar-refractivity contribution in [2.45, 2.75) is 19.5 Å². The first-order valence-electron chi connectivity index (χ1n) is 7.00. The molecule has 0 fully saturated rings. The van der Waals surface area contributed by atoms with Crippen molar-refractivity contribution < 1.29 is 27.8 Å². The first-order valence-corrected chi connectivity index (χ1v) is 7.00. The molecule has 122 valence electrons. The second-order valence-corrected chi connectivity index (χ2v) is 4.94. The third-order valence-electron chi connectivity index (χ3n) is 3.19. The normalized spacial score (nSPS) is 11.3. The number of rotatable bonds is 5. The van der Waals surface area contributed by atoms with Gasteiger partial charge in [-0.2, -0.15) is 13.2 Å². The largest absolute Gasteiger partial charge is 0.493 e. The van der Waals surface area contributed by atoms with Crippen LogP contribution in [0.5, 0.6) is 5.75 Å². The minimum Gasteiger partial charge on any atom is -0.493 e. The van der Waals surface area contributed by atoms with Crippen LogP contribution in [0.3, 0.4) is 0 Å². The average Bonchev–Trinajstić information content (AvgIpc) is 2.52. The molecule has 2 aromatic rings. The van der Waals surface area contributed by atoms with Gasteiger partial charge in [0.15, 0.2) is 0 Å². The number of alkyl halides is 3. The molecule has 0 atom stereocenters. The minimum atomic E-state index is -4.45. The highest BCUT2D eigenvalue weighted by molar-refractivity contribution is 5.92. The zero-order valence-corrected chi connectivity index (χ0v) is 12.4. The summed E-state index contributed by atoms with van der Waals surface area (Å²) in [5.41, 5.74) is -0.173. The Morgan fingerprint density at radius 2 is 1.83 bits per heavy atom. The molecule has 0 saturated carbocycles. The predicted molar refractivity (Wildman–Crippen MR) is 79.6 cm³/mol. The summed E-state index contributed by atoms with van der Waals surface area (Å²) in [6.07, 6.45) is -3.73. The number of benzene rings is 2. The van der Waals surface area contributed by atoms with Gasteiger partial charge in [-0.1, -0.05) is 25.1 Å². The van der Waals surface area contributed by atoms with E-state index in [2.05, 4.69) is 0 Å². The topological polar surface area (TPSA) is 46.5 Å². The Morgan fingerprint density at radius 3 is 2.43 bits per heavy atom. The number of carboxylic acid groups (broad SMARTS) is 1. The van der Waals surface area contributed by atoms with Gasteiger partial charge in [-0.05, 0) is 41.8 Å². The summed E-state index contributed by atoms with van der Waals surface area (Å²) in [4.78, 5) is 11.3. The van der Waals surface area contributed by atoms with Gasteiger partial charge < -0.3 is 9.84 Å². The fourth-order valence-corrected chi connectivity index (χ4v) is 2.09. The summed E-state index contributed by atoms with van der Waals surface area (Å²) in [5.74, 6) is -0.986. The van der Waals surface area contributed by atoms with Crippen LogP contribution in [0.1, 0.15) is 29.3 Å². The summed E-state index contributed by atoms with van der Waals surface area (Å²) in [6, 6.07) is 9.10. The smallest absolute Gasteiger partial charge is 0.416 e. The zero-order chi connectivity index (χ0) is 17.0. The third-order valence-corrected chi connectivity index (χ3v) is 3.19. The van der Waals surface area contributed by atoms with Gasteiger partial charge in [0.2, 0.25) is 0 Å². The van der Waals surface area contributed by atoms with Gasteiger partial charge in [0, 0.05) is 0 Å². The number of ether oxygens (including phenoxy) is 1. The Labute approximate surface area is 131 Å². The molecule has 6 heteroatoms. The predicted octanol–water partition coefficient (Wildman–Crippen LogP) is 4.86. The van der Waals surface area contributed by atoms with Crippen molar-refractivity contribution in [2.24, 2.45) is 0 Å². The molecule has 23 heavy (non-hydrogen) atoms.